The molecule has 0 aliphatic carbocycles. The number of hydrogen-bond acceptors (Lipinski definition) is 5. The summed E-state index contributed by atoms with van der Waals surface area (Å²) >= 11 is 3.30. The molecule has 4 N–H and O–H groups in total. The van der Waals surface area contributed by atoms with Crippen molar-refractivity contribution in [1.82, 2.24) is 9.71 Å². The zero-order valence-corrected chi connectivity index (χ0v) is 11.1. The number of nitrogen functional groups attached to an aromatic ring is 1. The van der Waals surface area contributed by atoms with Gasteiger partial charge in [0, 0.05) is 13.1 Å². The molecule has 1 rings (SSSR count). The van der Waals surface area contributed by atoms with Crippen molar-refractivity contribution < 1.29 is 8.42 Å². The van der Waals surface area contributed by atoms with E-state index in [1.165, 1.54) is 6.20 Å². The number of sulfonamides is 1. The van der Waals surface area contributed by atoms with Crippen molar-refractivity contribution >= 4 is 37.5 Å². The fourth-order valence-corrected chi connectivity index (χ4v) is 1.98. The molecule has 1 heterocycles. The predicted octanol–water partition coefficient (Wildman–Crippen LogP) is 0.387. The summed E-state index contributed by atoms with van der Waals surface area (Å²) in [6, 6.07) is 1.72. The number of nitrogens with zero attached hydrogens (tertiary/aromatic N) is 1. The van der Waals surface area contributed by atoms with Gasteiger partial charge in [0.15, 0.2) is 0 Å². The van der Waals surface area contributed by atoms with Crippen molar-refractivity contribution in [2.75, 3.05) is 30.4 Å². The number of aromatic nitrogens is 1. The predicted molar refractivity (Wildman–Crippen MR) is 67.7 cm³/mol. The molecule has 8 heteroatoms. The number of nitrogens with one attached hydrogen (secondary N) is 2. The van der Waals surface area contributed by atoms with Crippen LogP contribution in [-0.4, -0.2) is 32.7 Å². The maximum atomic E-state index is 10.8. The Labute approximate surface area is 103 Å². The van der Waals surface area contributed by atoms with Gasteiger partial charge >= 0.3 is 0 Å². The largest absolute Gasteiger partial charge is 0.397 e. The van der Waals surface area contributed by atoms with Crippen molar-refractivity contribution in [1.29, 1.82) is 0 Å². The van der Waals surface area contributed by atoms with Crippen LogP contribution in [0.25, 0.3) is 0 Å². The van der Waals surface area contributed by atoms with Gasteiger partial charge in [-0.3, -0.25) is 0 Å². The lowest BCUT2D eigenvalue weighted by molar-refractivity contribution is 0.589. The third-order valence-electron chi connectivity index (χ3n) is 1.64. The van der Waals surface area contributed by atoms with Gasteiger partial charge in [0.2, 0.25) is 10.0 Å². The van der Waals surface area contributed by atoms with E-state index >= 15 is 0 Å². The molecule has 0 spiro atoms. The first-order chi connectivity index (χ1) is 7.38. The van der Waals surface area contributed by atoms with Crippen LogP contribution in [0, 0.1) is 0 Å². The average Bonchev–Trinajstić information content (AvgIpc) is 2.13. The van der Waals surface area contributed by atoms with E-state index in [0.29, 0.717) is 24.6 Å². The Morgan fingerprint density at radius 2 is 2.19 bits per heavy atom. The molecule has 0 aliphatic heterocycles. The summed E-state index contributed by atoms with van der Waals surface area (Å²) in [5.74, 6) is 0.629. The molecule has 0 saturated heterocycles. The van der Waals surface area contributed by atoms with Crippen LogP contribution < -0.4 is 15.8 Å². The summed E-state index contributed by atoms with van der Waals surface area (Å²) in [4.78, 5) is 4.05. The van der Waals surface area contributed by atoms with Gasteiger partial charge in [-0.05, 0) is 22.0 Å². The van der Waals surface area contributed by atoms with Crippen molar-refractivity contribution in [3.63, 3.8) is 0 Å². The summed E-state index contributed by atoms with van der Waals surface area (Å²) in [7, 11) is -3.14. The molecule has 0 radical (unpaired) electrons. The van der Waals surface area contributed by atoms with Gasteiger partial charge < -0.3 is 11.1 Å². The summed E-state index contributed by atoms with van der Waals surface area (Å²) in [5, 5.41) is 2.97. The van der Waals surface area contributed by atoms with Crippen molar-refractivity contribution in [3.8, 4) is 0 Å². The lowest BCUT2D eigenvalue weighted by Crippen LogP contribution is -2.27. The number of nitrogens with two attached hydrogens (primary N) is 1. The molecular weight excluding hydrogens is 296 g/mol. The number of rotatable bonds is 5. The van der Waals surface area contributed by atoms with Crippen LogP contribution in [0.1, 0.15) is 0 Å². The zero-order chi connectivity index (χ0) is 12.2. The summed E-state index contributed by atoms with van der Waals surface area (Å²) in [6.07, 6.45) is 2.64. The van der Waals surface area contributed by atoms with Gasteiger partial charge in [-0.2, -0.15) is 0 Å². The highest BCUT2D eigenvalue weighted by atomic mass is 79.9. The highest BCUT2D eigenvalue weighted by Crippen LogP contribution is 2.21. The standard InChI is InChI=1S/C8H13BrN4O2S/c1-16(14,15)13-3-2-11-8-7(9)4-6(10)5-12-8/h4-5,13H,2-3,10H2,1H3,(H,11,12). The maximum absolute atomic E-state index is 10.8. The second-order valence-electron chi connectivity index (χ2n) is 3.19. The molecule has 1 aromatic rings. The lowest BCUT2D eigenvalue weighted by Gasteiger charge is -2.08. The first-order valence-electron chi connectivity index (χ1n) is 4.48. The van der Waals surface area contributed by atoms with E-state index in [1.54, 1.807) is 6.07 Å². The fraction of sp³-hybridized carbons (Fsp3) is 0.375. The van der Waals surface area contributed by atoms with Gasteiger partial charge in [-0.15, -0.1) is 0 Å². The Balaban J connectivity index is 2.43. The second kappa shape index (κ2) is 5.46. The molecule has 1 aromatic heterocycles. The van der Waals surface area contributed by atoms with Crippen LogP contribution in [-0.2, 0) is 10.0 Å². The molecule has 0 aliphatic rings. The van der Waals surface area contributed by atoms with Gasteiger partial charge in [-0.1, -0.05) is 0 Å². The molecule has 16 heavy (non-hydrogen) atoms. The van der Waals surface area contributed by atoms with Gasteiger partial charge in [-0.25, -0.2) is 18.1 Å². The minimum Gasteiger partial charge on any atom is -0.397 e. The number of hydrogen-bond donors (Lipinski definition) is 3. The Morgan fingerprint density at radius 3 is 2.75 bits per heavy atom. The van der Waals surface area contributed by atoms with Crippen LogP contribution in [0.2, 0.25) is 0 Å². The molecular formula is C8H13BrN4O2S. The molecule has 90 valence electrons. The molecule has 0 aromatic carbocycles. The van der Waals surface area contributed by atoms with Crippen LogP contribution in [0.3, 0.4) is 0 Å². The van der Waals surface area contributed by atoms with E-state index in [0.717, 1.165) is 10.7 Å². The third-order valence-corrected chi connectivity index (χ3v) is 2.98. The summed E-state index contributed by atoms with van der Waals surface area (Å²) < 4.78 is 24.7. The van der Waals surface area contributed by atoms with Gasteiger partial charge in [0.05, 0.1) is 22.6 Å². The molecule has 0 unspecified atom stereocenters. The molecule has 6 nitrogen and oxygen atoms in total. The van der Waals surface area contributed by atoms with E-state index < -0.39 is 10.0 Å². The van der Waals surface area contributed by atoms with Crippen molar-refractivity contribution in [2.24, 2.45) is 0 Å². The minimum atomic E-state index is -3.14. The van der Waals surface area contributed by atoms with E-state index in [4.69, 9.17) is 5.73 Å². The molecule has 0 atom stereocenters. The molecule has 0 fully saturated rings. The third kappa shape index (κ3) is 4.77. The molecule has 0 bridgehead atoms. The molecule has 0 amide bonds. The van der Waals surface area contributed by atoms with Crippen molar-refractivity contribution in [2.45, 2.75) is 0 Å². The van der Waals surface area contributed by atoms with Gasteiger partial charge in [0.25, 0.3) is 0 Å². The number of pyridine rings is 1. The first-order valence-corrected chi connectivity index (χ1v) is 7.16. The SMILES string of the molecule is CS(=O)(=O)NCCNc1ncc(N)cc1Br. The first kappa shape index (κ1) is 13.2. The Hall–Kier alpha value is -0.860. The Kier molecular flexibility index (Phi) is 4.51. The van der Waals surface area contributed by atoms with E-state index in [2.05, 4.69) is 31.0 Å². The molecule has 0 saturated carbocycles. The zero-order valence-electron chi connectivity index (χ0n) is 8.70. The Bertz CT molecular complexity index is 463. The smallest absolute Gasteiger partial charge is 0.208 e. The van der Waals surface area contributed by atoms with E-state index in [-0.39, 0.29) is 0 Å². The second-order valence-corrected chi connectivity index (χ2v) is 5.88. The van der Waals surface area contributed by atoms with Crippen LogP contribution >= 0.6 is 15.9 Å². The van der Waals surface area contributed by atoms with Crippen LogP contribution in [0.5, 0.6) is 0 Å². The highest BCUT2D eigenvalue weighted by Gasteiger charge is 2.02. The quantitative estimate of drug-likeness (QED) is 0.684. The number of halogens is 1. The van der Waals surface area contributed by atoms with Crippen molar-refractivity contribution in [3.05, 3.63) is 16.7 Å². The summed E-state index contributed by atoms with van der Waals surface area (Å²) in [6.45, 7) is 0.750. The summed E-state index contributed by atoms with van der Waals surface area (Å²) in [5.41, 5.74) is 6.09. The average molecular weight is 309 g/mol. The van der Waals surface area contributed by atoms with Crippen LogP contribution in [0.15, 0.2) is 16.7 Å². The fourth-order valence-electron chi connectivity index (χ4n) is 1.00. The highest BCUT2D eigenvalue weighted by molar-refractivity contribution is 9.10. The maximum Gasteiger partial charge on any atom is 0.208 e. The van der Waals surface area contributed by atoms with Crippen LogP contribution in [0.4, 0.5) is 11.5 Å². The van der Waals surface area contributed by atoms with E-state index in [1.807, 2.05) is 0 Å². The normalized spacial score (nSPS) is 11.4. The van der Waals surface area contributed by atoms with Gasteiger partial charge in [0.1, 0.15) is 5.82 Å². The minimum absolute atomic E-state index is 0.303. The van der Waals surface area contributed by atoms with E-state index in [9.17, 15) is 8.42 Å². The Morgan fingerprint density at radius 1 is 1.50 bits per heavy atom. The number of anilines is 2. The monoisotopic (exact) mass is 308 g/mol. The lowest BCUT2D eigenvalue weighted by atomic mass is 10.4. The topological polar surface area (TPSA) is 97.1 Å².